The molecule has 2 aromatic heterocycles. The molecular weight excluding hydrogens is 1220 g/mol. The van der Waals surface area contributed by atoms with Gasteiger partial charge in [0.05, 0.1) is 75.3 Å². The van der Waals surface area contributed by atoms with E-state index in [4.69, 9.17) is 5.48 Å². The molecule has 4 aliphatic rings. The fraction of sp³-hybridized carbons (Fsp3) is 0.155. The largest absolute Gasteiger partial charge is 0.313 e. The second-order valence-electron chi connectivity index (χ2n) is 29.9. The van der Waals surface area contributed by atoms with E-state index >= 15 is 0 Å². The van der Waals surface area contributed by atoms with E-state index in [1.165, 1.54) is 9.13 Å². The molecule has 0 atom stereocenters. The first-order valence-corrected chi connectivity index (χ1v) is 34.3. The number of anilines is 6. The van der Waals surface area contributed by atoms with E-state index in [0.717, 1.165) is 33.4 Å². The van der Waals surface area contributed by atoms with Gasteiger partial charge in [-0.2, -0.15) is 0 Å². The van der Waals surface area contributed by atoms with Crippen LogP contribution in [0.3, 0.4) is 0 Å². The Labute approximate surface area is 624 Å². The second kappa shape index (κ2) is 22.5. The lowest BCUT2D eigenvalue weighted by molar-refractivity contribution is 0.589. The van der Waals surface area contributed by atoms with Crippen LogP contribution in [0.5, 0.6) is 0 Å². The molecule has 19 rings (SSSR count). The average molecular weight is 1320 g/mol. The van der Waals surface area contributed by atoms with Crippen LogP contribution in [0.15, 0.2) is 291 Å². The first-order chi connectivity index (χ1) is 58.2. The van der Waals surface area contributed by atoms with Gasteiger partial charge in [-0.3, -0.25) is 0 Å². The molecule has 0 fully saturated rings. The molecule has 488 valence electrons. The highest BCUT2D eigenvalue weighted by Gasteiger charge is 2.45. The molecule has 4 nitrogen and oxygen atoms in total. The number of hydrogen-bond acceptors (Lipinski definition) is 2. The normalized spacial score (nSPS) is 16.7. The van der Waals surface area contributed by atoms with Crippen molar-refractivity contribution in [2.75, 3.05) is 9.80 Å². The zero-order valence-electron chi connectivity index (χ0n) is 79.3. The Morgan fingerprint density at radius 2 is 0.663 bits per heavy atom. The summed E-state index contributed by atoms with van der Waals surface area (Å²) in [4.78, 5) is 3.93. The van der Waals surface area contributed by atoms with Gasteiger partial charge in [0.25, 0.3) is 0 Å². The van der Waals surface area contributed by atoms with Crippen molar-refractivity contribution in [2.45, 2.75) is 97.3 Å². The van der Waals surface area contributed by atoms with Gasteiger partial charge in [0.15, 0.2) is 0 Å². The van der Waals surface area contributed by atoms with Crippen molar-refractivity contribution in [1.82, 2.24) is 9.13 Å². The van der Waals surface area contributed by atoms with Crippen molar-refractivity contribution in [1.29, 1.82) is 0 Å². The van der Waals surface area contributed by atoms with Crippen molar-refractivity contribution in [3.8, 4) is 78.1 Å². The highest BCUT2D eigenvalue weighted by molar-refractivity contribution is 6.09. The molecule has 4 heterocycles. The zero-order chi connectivity index (χ0) is 87.5. The predicted molar refractivity (Wildman–Crippen MR) is 425 cm³/mol. The van der Waals surface area contributed by atoms with Crippen molar-refractivity contribution >= 4 is 55.9 Å². The van der Waals surface area contributed by atoms with E-state index in [-0.39, 0.29) is 113 Å². The van der Waals surface area contributed by atoms with Crippen LogP contribution in [-0.4, -0.2) is 9.13 Å². The van der Waals surface area contributed by atoms with E-state index in [2.05, 4.69) is 86.6 Å². The van der Waals surface area contributed by atoms with Crippen molar-refractivity contribution < 1.29 is 30.2 Å². The molecule has 2 aliphatic heterocycles. The third kappa shape index (κ3) is 9.48. The van der Waals surface area contributed by atoms with Crippen LogP contribution in [0.4, 0.5) is 34.1 Å². The summed E-state index contributed by atoms with van der Waals surface area (Å²) in [6, 6.07) is 39.1. The summed E-state index contributed by atoms with van der Waals surface area (Å²) in [6.07, 6.45) is -0.656. The van der Waals surface area contributed by atoms with Crippen LogP contribution in [0.25, 0.3) is 99.9 Å². The molecule has 2 aliphatic carbocycles. The number of nitrogens with zero attached hydrogens (tertiary/aromatic N) is 4. The van der Waals surface area contributed by atoms with Gasteiger partial charge in [-0.05, 0) is 161 Å². The Kier molecular flexibility index (Phi) is 9.33. The molecule has 4 heteroatoms. The van der Waals surface area contributed by atoms with Gasteiger partial charge < -0.3 is 18.9 Å². The third-order valence-electron chi connectivity index (χ3n) is 20.7. The lowest BCUT2D eigenvalue weighted by atomic mass is 9.73. The molecule has 0 spiro atoms. The minimum absolute atomic E-state index is 0.0281. The third-order valence-corrected chi connectivity index (χ3v) is 20.7. The first kappa shape index (κ1) is 41.8. The summed E-state index contributed by atoms with van der Waals surface area (Å²) in [5, 5.41) is -0.296. The SMILES string of the molecule is [2H]c1c([2H])c([2H])c2c(c1[2H])Cc1c-2c2c([2H])c([2H])c([2H])c([2H])c2n1-c1c([2H])c([2H])c2c(c1[2H])N(c1c(-c3ccccc3)cc(C(C)(C)C)cc1-c1ccccc1)c1cc(C(C)(C)C)cc3c1C2c1c([2H])c([2H])c(-n2c4c(c5c([2H])c([2H])c([2H])c([2H])c52)-c2c([2H])c([2H])c([2H])c([2H])c2C4)c([2H])c1N3c1c(-c2ccccc2)cc(C(C)(C)C)cc1-c1ccccc1. The number of fused-ring (bicyclic) bond motifs is 14. The van der Waals surface area contributed by atoms with Crippen molar-refractivity contribution in [3.05, 3.63) is 347 Å². The maximum Gasteiger partial charge on any atom is 0.0667 e. The average Bonchev–Trinajstić information content (AvgIpc) is 1.67. The molecule has 0 saturated carbocycles. The molecule has 101 heavy (non-hydrogen) atoms. The van der Waals surface area contributed by atoms with Crippen LogP contribution < -0.4 is 9.80 Å². The fourth-order valence-corrected chi connectivity index (χ4v) is 15.8. The number of hydrogen-bond donors (Lipinski definition) is 0. The highest BCUT2D eigenvalue weighted by Crippen LogP contribution is 2.65. The number of aromatic nitrogens is 2. The van der Waals surface area contributed by atoms with E-state index < -0.39 is 155 Å². The van der Waals surface area contributed by atoms with Gasteiger partial charge >= 0.3 is 0 Å². The topological polar surface area (TPSA) is 16.3 Å². The predicted octanol–water partition coefficient (Wildman–Crippen LogP) is 26.0. The highest BCUT2D eigenvalue weighted by atomic mass is 15.2. The summed E-state index contributed by atoms with van der Waals surface area (Å²) < 4.78 is 223. The van der Waals surface area contributed by atoms with Crippen LogP contribution in [0, 0.1) is 0 Å². The Balaban J connectivity index is 1.07. The van der Waals surface area contributed by atoms with E-state index in [1.54, 1.807) is 0 Å². The molecule has 0 radical (unpaired) electrons. The molecule has 0 amide bonds. The Morgan fingerprint density at radius 3 is 1.02 bits per heavy atom. The summed E-state index contributed by atoms with van der Waals surface area (Å²) in [5.41, 5.74) is 6.96. The smallest absolute Gasteiger partial charge is 0.0667 e. The standard InChI is InChI=1S/C97H80N4/c1-95(2,3)66-52-77(60-30-14-10-15-31-60)93(78(53-66)61-32-16-11-17-33-61)100-83-58-69(98-81-44-28-26-42-73(81)89-71-40-24-22-38-64(71)50-85(89)98)46-48-75(83)91-76-49-47-70(99-82-45-29-27-43-74(82)90-72-41-25-23-39-65(72)51-86(90)99)59-84(76)101(88-57-68(97(7,8)9)56-87(100)92(88)91)94-79(62-34-18-12-19-35-62)54-67(96(4,5)6)55-80(94)63-36-20-13-21-37-63/h10-49,52-59,91H,50-51H2,1-9H3/i22D,23D,24D,25D,26D,27D,28D,29D,38D,39D,40D,41D,42D,43D,44D,45D,46D,47D,48D,49D,58D,59D. The van der Waals surface area contributed by atoms with Gasteiger partial charge in [-0.15, -0.1) is 0 Å². The van der Waals surface area contributed by atoms with Gasteiger partial charge in [0.2, 0.25) is 0 Å². The Morgan fingerprint density at radius 1 is 0.337 bits per heavy atom. The zero-order valence-corrected chi connectivity index (χ0v) is 57.3. The molecule has 13 aromatic carbocycles. The van der Waals surface area contributed by atoms with Gasteiger partial charge in [0.1, 0.15) is 0 Å². The first-order valence-electron chi connectivity index (χ1n) is 45.3. The maximum absolute atomic E-state index is 11.9. The molecule has 0 bridgehead atoms. The second-order valence-corrected chi connectivity index (χ2v) is 29.9. The molecule has 15 aromatic rings. The number of para-hydroxylation sites is 2. The number of rotatable bonds is 8. The van der Waals surface area contributed by atoms with E-state index in [1.807, 2.05) is 143 Å². The van der Waals surface area contributed by atoms with Crippen LogP contribution in [0.2, 0.25) is 0 Å². The number of benzene rings is 13. The van der Waals surface area contributed by atoms with Gasteiger partial charge in [-0.1, -0.05) is 280 Å². The van der Waals surface area contributed by atoms with Gasteiger partial charge in [0, 0.05) is 91.2 Å². The van der Waals surface area contributed by atoms with Crippen molar-refractivity contribution in [2.24, 2.45) is 0 Å². The van der Waals surface area contributed by atoms with Crippen LogP contribution in [-0.2, 0) is 29.1 Å². The lowest BCUT2D eigenvalue weighted by Gasteiger charge is -2.47. The molecule has 0 saturated heterocycles. The van der Waals surface area contributed by atoms with Crippen LogP contribution >= 0.6 is 0 Å². The molecule has 0 unspecified atom stereocenters. The summed E-state index contributed by atoms with van der Waals surface area (Å²) in [5.74, 6) is -1.57. The Hall–Kier alpha value is -11.5. The van der Waals surface area contributed by atoms with Gasteiger partial charge in [-0.25, -0.2) is 0 Å². The fourth-order valence-electron chi connectivity index (χ4n) is 15.8. The summed E-state index contributed by atoms with van der Waals surface area (Å²) >= 11 is 0. The minimum Gasteiger partial charge on any atom is -0.313 e. The molecular formula is C97H80N4. The van der Waals surface area contributed by atoms with Crippen molar-refractivity contribution in [3.63, 3.8) is 0 Å². The Bertz CT molecular complexity index is 6720. The quantitative estimate of drug-likeness (QED) is 0.151. The summed E-state index contributed by atoms with van der Waals surface area (Å²) in [7, 11) is 0. The van der Waals surface area contributed by atoms with E-state index in [0.29, 0.717) is 56.1 Å². The maximum atomic E-state index is 11.9. The van der Waals surface area contributed by atoms with E-state index in [9.17, 15) is 24.7 Å². The minimum atomic E-state index is -1.57. The van der Waals surface area contributed by atoms with Crippen LogP contribution in [0.1, 0.15) is 154 Å². The lowest BCUT2D eigenvalue weighted by Crippen LogP contribution is -2.31. The molecule has 0 N–H and O–H groups in total. The monoisotopic (exact) mass is 1320 g/mol. The summed E-state index contributed by atoms with van der Waals surface area (Å²) in [6.45, 7) is 18.9.